The normalized spacial score (nSPS) is 13.2. The SMILES string of the molecule is C[C@H](NC(=O)c1cc(C(F)(F)F)cs1)C(=O)O. The van der Waals surface area contributed by atoms with Gasteiger partial charge in [-0.15, -0.1) is 11.3 Å². The molecular weight excluding hydrogens is 259 g/mol. The molecule has 1 aromatic rings. The molecule has 0 saturated carbocycles. The number of thiophene rings is 1. The second-order valence-electron chi connectivity index (χ2n) is 3.23. The third-order valence-electron chi connectivity index (χ3n) is 1.87. The summed E-state index contributed by atoms with van der Waals surface area (Å²) in [7, 11) is 0. The van der Waals surface area contributed by atoms with Gasteiger partial charge >= 0.3 is 12.1 Å². The third-order valence-corrected chi connectivity index (χ3v) is 2.80. The Morgan fingerprint density at radius 3 is 2.47 bits per heavy atom. The van der Waals surface area contributed by atoms with Crippen molar-refractivity contribution in [2.24, 2.45) is 0 Å². The highest BCUT2D eigenvalue weighted by Gasteiger charge is 2.32. The highest BCUT2D eigenvalue weighted by molar-refractivity contribution is 7.12. The fourth-order valence-corrected chi connectivity index (χ4v) is 1.75. The van der Waals surface area contributed by atoms with Crippen LogP contribution in [0.3, 0.4) is 0 Å². The summed E-state index contributed by atoms with van der Waals surface area (Å²) in [5.41, 5.74) is -0.921. The molecule has 1 heterocycles. The van der Waals surface area contributed by atoms with E-state index in [1.807, 2.05) is 0 Å². The summed E-state index contributed by atoms with van der Waals surface area (Å²) in [4.78, 5) is 21.6. The molecule has 4 nitrogen and oxygen atoms in total. The first-order valence-corrected chi connectivity index (χ1v) is 5.29. The molecule has 0 unspecified atom stereocenters. The van der Waals surface area contributed by atoms with Crippen molar-refractivity contribution in [1.82, 2.24) is 5.32 Å². The van der Waals surface area contributed by atoms with Gasteiger partial charge < -0.3 is 10.4 Å². The topological polar surface area (TPSA) is 66.4 Å². The van der Waals surface area contributed by atoms with Crippen LogP contribution in [-0.2, 0) is 11.0 Å². The fourth-order valence-electron chi connectivity index (χ4n) is 0.933. The average Bonchev–Trinajstić information content (AvgIpc) is 2.65. The second kappa shape index (κ2) is 4.74. The number of carboxylic acids is 1. The Balaban J connectivity index is 2.78. The Morgan fingerprint density at radius 2 is 2.06 bits per heavy atom. The van der Waals surface area contributed by atoms with E-state index in [1.54, 1.807) is 0 Å². The molecule has 0 aliphatic carbocycles. The third kappa shape index (κ3) is 3.45. The van der Waals surface area contributed by atoms with Gasteiger partial charge in [0.1, 0.15) is 6.04 Å². The summed E-state index contributed by atoms with van der Waals surface area (Å²) in [5, 5.41) is 11.4. The van der Waals surface area contributed by atoms with Gasteiger partial charge in [0.2, 0.25) is 0 Å². The molecule has 0 spiro atoms. The van der Waals surface area contributed by atoms with Gasteiger partial charge in [0.25, 0.3) is 5.91 Å². The maximum atomic E-state index is 12.2. The number of alkyl halides is 3. The van der Waals surface area contributed by atoms with E-state index in [0.717, 1.165) is 5.38 Å². The molecule has 94 valence electrons. The molecule has 0 radical (unpaired) electrons. The molecule has 1 rings (SSSR count). The van der Waals surface area contributed by atoms with Crippen LogP contribution >= 0.6 is 11.3 Å². The van der Waals surface area contributed by atoms with Crippen molar-refractivity contribution in [1.29, 1.82) is 0 Å². The molecule has 1 atom stereocenters. The molecule has 0 fully saturated rings. The van der Waals surface area contributed by atoms with Crippen LogP contribution in [0.5, 0.6) is 0 Å². The number of nitrogens with one attached hydrogen (secondary N) is 1. The highest BCUT2D eigenvalue weighted by Crippen LogP contribution is 2.32. The van der Waals surface area contributed by atoms with Crippen LogP contribution in [0.1, 0.15) is 22.2 Å². The van der Waals surface area contributed by atoms with Crippen LogP contribution in [-0.4, -0.2) is 23.0 Å². The summed E-state index contributed by atoms with van der Waals surface area (Å²) in [6.45, 7) is 1.22. The zero-order chi connectivity index (χ0) is 13.2. The van der Waals surface area contributed by atoms with Gasteiger partial charge in [-0.05, 0) is 13.0 Å². The van der Waals surface area contributed by atoms with Crippen LogP contribution in [0, 0.1) is 0 Å². The van der Waals surface area contributed by atoms with Crippen molar-refractivity contribution in [3.8, 4) is 0 Å². The van der Waals surface area contributed by atoms with Crippen LogP contribution < -0.4 is 5.32 Å². The second-order valence-corrected chi connectivity index (χ2v) is 4.14. The van der Waals surface area contributed by atoms with E-state index in [2.05, 4.69) is 5.32 Å². The van der Waals surface area contributed by atoms with E-state index >= 15 is 0 Å². The predicted molar refractivity (Wildman–Crippen MR) is 53.9 cm³/mol. The van der Waals surface area contributed by atoms with Crippen molar-refractivity contribution < 1.29 is 27.9 Å². The van der Waals surface area contributed by atoms with Crippen molar-refractivity contribution >= 4 is 23.2 Å². The van der Waals surface area contributed by atoms with Crippen LogP contribution in [0.15, 0.2) is 11.4 Å². The summed E-state index contributed by atoms with van der Waals surface area (Å²) >= 11 is 0.613. The number of amides is 1. The number of carboxylic acid groups (broad SMARTS) is 1. The van der Waals surface area contributed by atoms with E-state index in [-0.39, 0.29) is 4.88 Å². The maximum Gasteiger partial charge on any atom is 0.417 e. The Hall–Kier alpha value is -1.57. The number of halogens is 3. The van der Waals surface area contributed by atoms with Gasteiger partial charge in [-0.3, -0.25) is 9.59 Å². The number of rotatable bonds is 3. The first-order chi connectivity index (χ1) is 7.71. The summed E-state index contributed by atoms with van der Waals surface area (Å²) < 4.78 is 36.7. The Morgan fingerprint density at radius 1 is 1.47 bits per heavy atom. The Kier molecular flexibility index (Phi) is 3.76. The standard InChI is InChI=1S/C9H8F3NO3S/c1-4(8(15)16)13-7(14)6-2-5(3-17-6)9(10,11)12/h2-4H,1H3,(H,13,14)(H,15,16)/t4-/m0/s1. The minimum atomic E-state index is -4.51. The quantitative estimate of drug-likeness (QED) is 0.879. The molecular formula is C9H8F3NO3S. The minimum Gasteiger partial charge on any atom is -0.480 e. The highest BCUT2D eigenvalue weighted by atomic mass is 32.1. The van der Waals surface area contributed by atoms with E-state index in [4.69, 9.17) is 5.11 Å². The maximum absolute atomic E-state index is 12.2. The van der Waals surface area contributed by atoms with Crippen LogP contribution in [0.4, 0.5) is 13.2 Å². The molecule has 0 bridgehead atoms. The van der Waals surface area contributed by atoms with Gasteiger partial charge in [0.15, 0.2) is 0 Å². The van der Waals surface area contributed by atoms with Crippen molar-refractivity contribution in [3.63, 3.8) is 0 Å². The average molecular weight is 267 g/mol. The predicted octanol–water partition coefficient (Wildman–Crippen LogP) is 1.97. The van der Waals surface area contributed by atoms with Gasteiger partial charge in [-0.2, -0.15) is 13.2 Å². The van der Waals surface area contributed by atoms with E-state index in [9.17, 15) is 22.8 Å². The van der Waals surface area contributed by atoms with Gasteiger partial charge in [0, 0.05) is 5.38 Å². The Bertz CT molecular complexity index is 441. The van der Waals surface area contributed by atoms with Gasteiger partial charge in [-0.25, -0.2) is 0 Å². The van der Waals surface area contributed by atoms with E-state index in [1.165, 1.54) is 6.92 Å². The van der Waals surface area contributed by atoms with Crippen molar-refractivity contribution in [3.05, 3.63) is 21.9 Å². The van der Waals surface area contributed by atoms with E-state index in [0.29, 0.717) is 17.4 Å². The number of carbonyl (C=O) groups is 2. The van der Waals surface area contributed by atoms with Crippen molar-refractivity contribution in [2.45, 2.75) is 19.1 Å². The lowest BCUT2D eigenvalue weighted by Gasteiger charge is -2.07. The smallest absolute Gasteiger partial charge is 0.417 e. The zero-order valence-electron chi connectivity index (χ0n) is 8.54. The number of hydrogen-bond acceptors (Lipinski definition) is 3. The number of carbonyl (C=O) groups excluding carboxylic acids is 1. The monoisotopic (exact) mass is 267 g/mol. The van der Waals surface area contributed by atoms with Crippen LogP contribution in [0.25, 0.3) is 0 Å². The molecule has 0 aliphatic rings. The molecule has 0 aliphatic heterocycles. The largest absolute Gasteiger partial charge is 0.480 e. The summed E-state index contributed by atoms with van der Waals surface area (Å²) in [6, 6.07) is -0.465. The summed E-state index contributed by atoms with van der Waals surface area (Å²) in [5.74, 6) is -2.09. The Labute approximate surface area is 98.1 Å². The van der Waals surface area contributed by atoms with Crippen LogP contribution in [0.2, 0.25) is 0 Å². The number of hydrogen-bond donors (Lipinski definition) is 2. The lowest BCUT2D eigenvalue weighted by Crippen LogP contribution is -2.37. The fraction of sp³-hybridized carbons (Fsp3) is 0.333. The molecule has 8 heteroatoms. The molecule has 0 saturated heterocycles. The molecule has 2 N–H and O–H groups in total. The molecule has 17 heavy (non-hydrogen) atoms. The van der Waals surface area contributed by atoms with Gasteiger partial charge in [0.05, 0.1) is 10.4 Å². The minimum absolute atomic E-state index is 0.176. The van der Waals surface area contributed by atoms with Crippen molar-refractivity contribution in [2.75, 3.05) is 0 Å². The molecule has 1 amide bonds. The van der Waals surface area contributed by atoms with E-state index < -0.39 is 29.7 Å². The number of aliphatic carboxylic acids is 1. The summed E-state index contributed by atoms with van der Waals surface area (Å²) in [6.07, 6.45) is -4.51. The zero-order valence-corrected chi connectivity index (χ0v) is 9.35. The first-order valence-electron chi connectivity index (χ1n) is 4.41. The first kappa shape index (κ1) is 13.5. The van der Waals surface area contributed by atoms with Gasteiger partial charge in [-0.1, -0.05) is 0 Å². The lowest BCUT2D eigenvalue weighted by atomic mass is 10.3. The molecule has 1 aromatic heterocycles. The lowest BCUT2D eigenvalue weighted by molar-refractivity contribution is -0.139. The molecule has 0 aromatic carbocycles.